The van der Waals surface area contributed by atoms with Crippen LogP contribution in [0, 0.1) is 6.92 Å². The number of allylic oxidation sites excluding steroid dienone is 3. The minimum atomic E-state index is 0.538. The molecule has 0 spiro atoms. The Morgan fingerprint density at radius 1 is 1.13 bits per heavy atom. The molecule has 0 saturated carbocycles. The fraction of sp³-hybridized carbons (Fsp3) is 0.385. The van der Waals surface area contributed by atoms with E-state index < -0.39 is 0 Å². The number of ether oxygens (including phenoxy) is 2. The molecule has 158 valence electrons. The van der Waals surface area contributed by atoms with Crippen molar-refractivity contribution in [3.05, 3.63) is 81.7 Å². The van der Waals surface area contributed by atoms with Crippen molar-refractivity contribution >= 4 is 5.57 Å². The summed E-state index contributed by atoms with van der Waals surface area (Å²) in [6.45, 7) is 6.60. The third kappa shape index (κ3) is 4.24. The summed E-state index contributed by atoms with van der Waals surface area (Å²) >= 11 is 0. The Morgan fingerprint density at radius 2 is 1.87 bits per heavy atom. The van der Waals surface area contributed by atoms with Crippen LogP contribution in [0.5, 0.6) is 5.75 Å². The maximum absolute atomic E-state index is 6.08. The molecule has 0 aliphatic carbocycles. The lowest BCUT2D eigenvalue weighted by Crippen LogP contribution is -2.15. The molecule has 4 nitrogen and oxygen atoms in total. The van der Waals surface area contributed by atoms with Gasteiger partial charge in [0, 0.05) is 37.1 Å². The predicted molar refractivity (Wildman–Crippen MR) is 123 cm³/mol. The normalized spacial score (nSPS) is 17.7. The first-order valence-corrected chi connectivity index (χ1v) is 10.9. The van der Waals surface area contributed by atoms with Gasteiger partial charge in [0.1, 0.15) is 5.75 Å². The van der Waals surface area contributed by atoms with Crippen LogP contribution in [0.15, 0.2) is 48.3 Å². The Kier molecular flexibility index (Phi) is 6.14. The van der Waals surface area contributed by atoms with Crippen LogP contribution in [-0.4, -0.2) is 19.8 Å². The summed E-state index contributed by atoms with van der Waals surface area (Å²) < 4.78 is 11.7. The van der Waals surface area contributed by atoms with E-state index >= 15 is 0 Å². The van der Waals surface area contributed by atoms with Gasteiger partial charge in [0.05, 0.1) is 6.61 Å². The monoisotopic (exact) mass is 404 g/mol. The van der Waals surface area contributed by atoms with E-state index in [0.717, 1.165) is 68.1 Å². The van der Waals surface area contributed by atoms with Crippen LogP contribution >= 0.6 is 0 Å². The van der Waals surface area contributed by atoms with Gasteiger partial charge in [0.25, 0.3) is 0 Å². The Labute approximate surface area is 179 Å². The highest BCUT2D eigenvalue weighted by atomic mass is 16.5. The summed E-state index contributed by atoms with van der Waals surface area (Å²) in [5.74, 6) is 1.69. The topological polar surface area (TPSA) is 70.5 Å². The van der Waals surface area contributed by atoms with Gasteiger partial charge in [0.15, 0.2) is 0 Å². The quantitative estimate of drug-likeness (QED) is 0.716. The van der Waals surface area contributed by atoms with Gasteiger partial charge in [-0.1, -0.05) is 30.3 Å². The van der Waals surface area contributed by atoms with Crippen LogP contribution in [0.3, 0.4) is 0 Å². The van der Waals surface area contributed by atoms with Crippen molar-refractivity contribution in [2.75, 3.05) is 19.8 Å². The smallest absolute Gasteiger partial charge is 0.126 e. The molecule has 0 radical (unpaired) electrons. The zero-order valence-corrected chi connectivity index (χ0v) is 18.0. The fourth-order valence-corrected chi connectivity index (χ4v) is 4.63. The molecule has 1 fully saturated rings. The molecule has 0 unspecified atom stereocenters. The van der Waals surface area contributed by atoms with Gasteiger partial charge >= 0.3 is 0 Å². The van der Waals surface area contributed by atoms with Crippen LogP contribution in [0.4, 0.5) is 0 Å². The predicted octanol–water partition coefficient (Wildman–Crippen LogP) is 4.58. The fourth-order valence-electron chi connectivity index (χ4n) is 4.63. The molecule has 30 heavy (non-hydrogen) atoms. The molecule has 0 aromatic heterocycles. The van der Waals surface area contributed by atoms with E-state index in [2.05, 4.69) is 37.3 Å². The summed E-state index contributed by atoms with van der Waals surface area (Å²) in [5, 5.41) is 0. The average Bonchev–Trinajstić information content (AvgIpc) is 3.25. The molecular formula is C26H32N2O2. The van der Waals surface area contributed by atoms with Crippen molar-refractivity contribution in [3.8, 4) is 5.75 Å². The average molecular weight is 405 g/mol. The second-order valence-corrected chi connectivity index (χ2v) is 8.43. The van der Waals surface area contributed by atoms with Gasteiger partial charge in [-0.2, -0.15) is 0 Å². The van der Waals surface area contributed by atoms with E-state index in [-0.39, 0.29) is 0 Å². The van der Waals surface area contributed by atoms with Crippen molar-refractivity contribution in [1.82, 2.24) is 0 Å². The highest BCUT2D eigenvalue weighted by molar-refractivity contribution is 5.74. The maximum atomic E-state index is 6.08. The second-order valence-electron chi connectivity index (χ2n) is 8.43. The Bertz CT molecular complexity index is 964. The van der Waals surface area contributed by atoms with E-state index in [1.54, 1.807) is 6.20 Å². The molecule has 4 heteroatoms. The molecule has 4 rings (SSSR count). The molecule has 2 heterocycles. The molecule has 2 aromatic rings. The van der Waals surface area contributed by atoms with E-state index in [9.17, 15) is 0 Å². The second kappa shape index (κ2) is 8.97. The van der Waals surface area contributed by atoms with E-state index in [0.29, 0.717) is 5.92 Å². The van der Waals surface area contributed by atoms with Crippen LogP contribution in [-0.2, 0) is 17.6 Å². The number of fused-ring (bicyclic) bond motifs is 1. The summed E-state index contributed by atoms with van der Waals surface area (Å²) in [7, 11) is 0. The first-order valence-electron chi connectivity index (χ1n) is 10.9. The third-order valence-corrected chi connectivity index (χ3v) is 6.30. The summed E-state index contributed by atoms with van der Waals surface area (Å²) in [5.41, 5.74) is 21.2. The van der Waals surface area contributed by atoms with Crippen LogP contribution in [0.25, 0.3) is 5.57 Å². The van der Waals surface area contributed by atoms with Crippen LogP contribution in [0.1, 0.15) is 59.1 Å². The first-order chi connectivity index (χ1) is 14.6. The largest absolute Gasteiger partial charge is 0.493 e. The highest BCUT2D eigenvalue weighted by Gasteiger charge is 2.27. The molecule has 1 saturated heterocycles. The van der Waals surface area contributed by atoms with Crippen LogP contribution in [0.2, 0.25) is 0 Å². The van der Waals surface area contributed by atoms with E-state index in [1.165, 1.54) is 27.8 Å². The number of nitrogens with two attached hydrogens (primary N) is 2. The molecular weight excluding hydrogens is 372 g/mol. The van der Waals surface area contributed by atoms with Crippen molar-refractivity contribution in [3.63, 3.8) is 0 Å². The minimum absolute atomic E-state index is 0.538. The Hall–Kier alpha value is -2.72. The maximum Gasteiger partial charge on any atom is 0.126 e. The van der Waals surface area contributed by atoms with Crippen molar-refractivity contribution in [1.29, 1.82) is 0 Å². The van der Waals surface area contributed by atoms with Crippen LogP contribution < -0.4 is 16.2 Å². The van der Waals surface area contributed by atoms with E-state index in [4.69, 9.17) is 20.9 Å². The van der Waals surface area contributed by atoms with Gasteiger partial charge in [-0.05, 0) is 78.5 Å². The number of rotatable bonds is 5. The molecule has 0 bridgehead atoms. The lowest BCUT2D eigenvalue weighted by Gasteiger charge is -2.25. The standard InChI is InChI=1S/C26H32N2O2/c1-17(28)13-23(16-27)20-5-3-19(4-6-20)14-22-15-25(21-7-10-29-11-8-21)26-24(18(22)2)9-12-30-26/h3-6,13,15-16,21H,7-12,14,27-28H2,1-2H3/b17-13-,23-16+. The molecule has 2 aromatic carbocycles. The molecule has 2 aliphatic rings. The first kappa shape index (κ1) is 20.5. The third-order valence-electron chi connectivity index (χ3n) is 6.30. The number of hydrogen-bond acceptors (Lipinski definition) is 4. The number of benzene rings is 2. The van der Waals surface area contributed by atoms with Gasteiger partial charge in [-0.3, -0.25) is 0 Å². The summed E-state index contributed by atoms with van der Waals surface area (Å²) in [6, 6.07) is 11.0. The SMILES string of the molecule is C/C(N)=C/C(=C\N)c1ccc(Cc2cc(C3CCOCC3)c3c(c2C)CCO3)cc1. The highest BCUT2D eigenvalue weighted by Crippen LogP contribution is 2.42. The molecule has 0 atom stereocenters. The number of hydrogen-bond donors (Lipinski definition) is 2. The van der Waals surface area contributed by atoms with Gasteiger partial charge in [-0.15, -0.1) is 0 Å². The molecule has 0 amide bonds. The summed E-state index contributed by atoms with van der Waals surface area (Å²) in [6.07, 6.45) is 7.60. The van der Waals surface area contributed by atoms with Gasteiger partial charge in [-0.25, -0.2) is 0 Å². The van der Waals surface area contributed by atoms with Gasteiger partial charge in [0.2, 0.25) is 0 Å². The summed E-state index contributed by atoms with van der Waals surface area (Å²) in [4.78, 5) is 0. The lowest BCUT2D eigenvalue weighted by molar-refractivity contribution is 0.0847. The van der Waals surface area contributed by atoms with Gasteiger partial charge < -0.3 is 20.9 Å². The Balaban J connectivity index is 1.62. The zero-order chi connectivity index (χ0) is 21.1. The molecule has 2 aliphatic heterocycles. The molecule has 4 N–H and O–H groups in total. The zero-order valence-electron chi connectivity index (χ0n) is 18.0. The van der Waals surface area contributed by atoms with Crippen molar-refractivity contribution in [2.45, 2.75) is 45.4 Å². The lowest BCUT2D eigenvalue weighted by atomic mass is 9.85. The van der Waals surface area contributed by atoms with Crippen molar-refractivity contribution in [2.24, 2.45) is 11.5 Å². The van der Waals surface area contributed by atoms with E-state index in [1.807, 2.05) is 13.0 Å². The minimum Gasteiger partial charge on any atom is -0.493 e. The Morgan fingerprint density at radius 3 is 2.53 bits per heavy atom. The van der Waals surface area contributed by atoms with Crippen molar-refractivity contribution < 1.29 is 9.47 Å².